The van der Waals surface area contributed by atoms with Crippen LogP contribution in [0.1, 0.15) is 31.3 Å². The van der Waals surface area contributed by atoms with Crippen molar-refractivity contribution < 1.29 is 13.9 Å². The Balaban J connectivity index is 2.03. The summed E-state index contributed by atoms with van der Waals surface area (Å²) in [4.78, 5) is 0. The van der Waals surface area contributed by atoms with E-state index in [-0.39, 0.29) is 18.1 Å². The molecule has 1 fully saturated rings. The Bertz CT molecular complexity index is 426. The first-order valence-corrected chi connectivity index (χ1v) is 6.64. The zero-order valence-electron chi connectivity index (χ0n) is 10.8. The van der Waals surface area contributed by atoms with Crippen LogP contribution in [0.4, 0.5) is 20.2 Å². The van der Waals surface area contributed by atoms with Crippen LogP contribution in [-0.2, 0) is 0 Å². The molecule has 0 aliphatic heterocycles. The fraction of sp³-hybridized carbons (Fsp3) is 0.571. The summed E-state index contributed by atoms with van der Waals surface area (Å²) in [6.07, 6.45) is 0.619. The first-order chi connectivity index (χ1) is 9.11. The standard InChI is InChI=1S/C14H20F2N2O/c15-14(16)12-6-11(17)4-5-13(12)18-7-9-2-1-3-10(9)8-19/h4-6,9-10,14,18-19H,1-3,7-8,17H2. The maximum absolute atomic E-state index is 12.9. The van der Waals surface area contributed by atoms with Crippen molar-refractivity contribution >= 4 is 11.4 Å². The van der Waals surface area contributed by atoms with Gasteiger partial charge in [-0.1, -0.05) is 6.42 Å². The number of nitrogens with two attached hydrogens (primary N) is 1. The quantitative estimate of drug-likeness (QED) is 0.721. The second-order valence-electron chi connectivity index (χ2n) is 5.16. The summed E-state index contributed by atoms with van der Waals surface area (Å²) >= 11 is 0. The molecule has 0 heterocycles. The minimum atomic E-state index is -2.54. The molecule has 3 nitrogen and oxygen atoms in total. The van der Waals surface area contributed by atoms with Crippen molar-refractivity contribution in [2.24, 2.45) is 11.8 Å². The van der Waals surface area contributed by atoms with Gasteiger partial charge in [-0.05, 0) is 42.9 Å². The third-order valence-corrected chi connectivity index (χ3v) is 3.92. The van der Waals surface area contributed by atoms with Crippen molar-refractivity contribution in [1.29, 1.82) is 0 Å². The lowest BCUT2D eigenvalue weighted by molar-refractivity contribution is 0.152. The van der Waals surface area contributed by atoms with Crippen LogP contribution < -0.4 is 11.1 Å². The molecule has 2 rings (SSSR count). The molecule has 1 saturated carbocycles. The molecule has 106 valence electrons. The van der Waals surface area contributed by atoms with Gasteiger partial charge in [-0.25, -0.2) is 8.78 Å². The fourth-order valence-electron chi connectivity index (χ4n) is 2.79. The lowest BCUT2D eigenvalue weighted by Gasteiger charge is -2.20. The van der Waals surface area contributed by atoms with Gasteiger partial charge in [-0.3, -0.25) is 0 Å². The summed E-state index contributed by atoms with van der Waals surface area (Å²) in [5, 5.41) is 12.3. The second-order valence-corrected chi connectivity index (χ2v) is 5.16. The number of aliphatic hydroxyl groups is 1. The molecule has 0 amide bonds. The fourth-order valence-corrected chi connectivity index (χ4v) is 2.79. The number of nitrogens with one attached hydrogen (secondary N) is 1. The predicted molar refractivity (Wildman–Crippen MR) is 72.2 cm³/mol. The van der Waals surface area contributed by atoms with Crippen molar-refractivity contribution in [3.8, 4) is 0 Å². The van der Waals surface area contributed by atoms with Crippen molar-refractivity contribution in [2.45, 2.75) is 25.7 Å². The van der Waals surface area contributed by atoms with Crippen molar-refractivity contribution in [3.05, 3.63) is 23.8 Å². The van der Waals surface area contributed by atoms with Gasteiger partial charge in [0.05, 0.1) is 0 Å². The number of hydrogen-bond donors (Lipinski definition) is 3. The van der Waals surface area contributed by atoms with Gasteiger partial charge in [0.1, 0.15) is 0 Å². The lowest BCUT2D eigenvalue weighted by Crippen LogP contribution is -2.21. The van der Waals surface area contributed by atoms with Gasteiger partial charge in [-0.15, -0.1) is 0 Å². The molecule has 1 aliphatic rings. The number of benzene rings is 1. The minimum absolute atomic E-state index is 0.0569. The molecule has 2 unspecified atom stereocenters. The Morgan fingerprint density at radius 3 is 2.74 bits per heavy atom. The largest absolute Gasteiger partial charge is 0.399 e. The zero-order chi connectivity index (χ0) is 13.8. The van der Waals surface area contributed by atoms with Crippen molar-refractivity contribution in [1.82, 2.24) is 0 Å². The monoisotopic (exact) mass is 270 g/mol. The molecule has 1 aromatic carbocycles. The van der Waals surface area contributed by atoms with Gasteiger partial charge in [0.2, 0.25) is 0 Å². The Morgan fingerprint density at radius 1 is 1.32 bits per heavy atom. The van der Waals surface area contributed by atoms with Crippen LogP contribution >= 0.6 is 0 Å². The van der Waals surface area contributed by atoms with E-state index in [1.807, 2.05) is 0 Å². The normalized spacial score (nSPS) is 22.9. The smallest absolute Gasteiger partial charge is 0.265 e. The zero-order valence-corrected chi connectivity index (χ0v) is 10.8. The molecule has 1 aliphatic carbocycles. The molecular formula is C14H20F2N2O. The average molecular weight is 270 g/mol. The van der Waals surface area contributed by atoms with Crippen LogP contribution in [-0.4, -0.2) is 18.3 Å². The average Bonchev–Trinajstić information content (AvgIpc) is 2.84. The maximum Gasteiger partial charge on any atom is 0.265 e. The summed E-state index contributed by atoms with van der Waals surface area (Å²) in [6.45, 7) is 0.796. The summed E-state index contributed by atoms with van der Waals surface area (Å²) < 4.78 is 25.8. The number of halogens is 2. The molecule has 0 saturated heterocycles. The van der Waals surface area contributed by atoms with Crippen LogP contribution in [0.15, 0.2) is 18.2 Å². The van der Waals surface area contributed by atoms with Crippen molar-refractivity contribution in [3.63, 3.8) is 0 Å². The molecule has 0 radical (unpaired) electrons. The highest BCUT2D eigenvalue weighted by Crippen LogP contribution is 2.33. The third-order valence-electron chi connectivity index (χ3n) is 3.92. The molecule has 5 heteroatoms. The number of nitrogen functional groups attached to an aromatic ring is 1. The topological polar surface area (TPSA) is 58.3 Å². The van der Waals surface area contributed by atoms with Crippen LogP contribution in [0.5, 0.6) is 0 Å². The summed E-state index contributed by atoms with van der Waals surface area (Å²) in [5.74, 6) is 0.643. The van der Waals surface area contributed by atoms with Crippen LogP contribution in [0, 0.1) is 11.8 Å². The number of aliphatic hydroxyl groups excluding tert-OH is 1. The molecule has 0 bridgehead atoms. The Morgan fingerprint density at radius 2 is 2.05 bits per heavy atom. The molecule has 2 atom stereocenters. The Hall–Kier alpha value is -1.36. The highest BCUT2D eigenvalue weighted by Gasteiger charge is 2.26. The van der Waals surface area contributed by atoms with E-state index in [1.54, 1.807) is 12.1 Å². The van der Waals surface area contributed by atoms with E-state index >= 15 is 0 Å². The Kier molecular flexibility index (Phi) is 4.58. The van der Waals surface area contributed by atoms with E-state index in [9.17, 15) is 13.9 Å². The molecule has 0 aromatic heterocycles. The first kappa shape index (κ1) is 14.1. The highest BCUT2D eigenvalue weighted by atomic mass is 19.3. The second kappa shape index (κ2) is 6.19. The summed E-state index contributed by atoms with van der Waals surface area (Å²) in [5.41, 5.74) is 6.26. The van der Waals surface area contributed by atoms with Crippen LogP contribution in [0.3, 0.4) is 0 Å². The van der Waals surface area contributed by atoms with E-state index < -0.39 is 6.43 Å². The van der Waals surface area contributed by atoms with Gasteiger partial charge in [-0.2, -0.15) is 0 Å². The van der Waals surface area contributed by atoms with Gasteiger partial charge in [0, 0.05) is 30.1 Å². The molecule has 4 N–H and O–H groups in total. The van der Waals surface area contributed by atoms with Crippen LogP contribution in [0.25, 0.3) is 0 Å². The lowest BCUT2D eigenvalue weighted by atomic mass is 9.97. The first-order valence-electron chi connectivity index (χ1n) is 6.64. The van der Waals surface area contributed by atoms with E-state index in [4.69, 9.17) is 5.73 Å². The third kappa shape index (κ3) is 3.35. The SMILES string of the molecule is Nc1ccc(NCC2CCCC2CO)c(C(F)F)c1. The van der Waals surface area contributed by atoms with E-state index in [0.29, 0.717) is 23.8 Å². The summed E-state index contributed by atoms with van der Waals surface area (Å²) in [7, 11) is 0. The summed E-state index contributed by atoms with van der Waals surface area (Å²) in [6, 6.07) is 4.53. The highest BCUT2D eigenvalue weighted by molar-refractivity contribution is 5.58. The molecule has 1 aromatic rings. The minimum Gasteiger partial charge on any atom is -0.399 e. The maximum atomic E-state index is 12.9. The molecule has 19 heavy (non-hydrogen) atoms. The number of rotatable bonds is 5. The van der Waals surface area contributed by atoms with Gasteiger partial charge in [0.15, 0.2) is 0 Å². The Labute approximate surface area is 111 Å². The van der Waals surface area contributed by atoms with Gasteiger partial charge >= 0.3 is 0 Å². The predicted octanol–water partition coefficient (Wildman–Crippen LogP) is 3.03. The van der Waals surface area contributed by atoms with Crippen molar-refractivity contribution in [2.75, 3.05) is 24.2 Å². The van der Waals surface area contributed by atoms with E-state index in [2.05, 4.69) is 5.32 Å². The van der Waals surface area contributed by atoms with E-state index in [1.165, 1.54) is 6.07 Å². The number of alkyl halides is 2. The van der Waals surface area contributed by atoms with Gasteiger partial charge < -0.3 is 16.2 Å². The van der Waals surface area contributed by atoms with E-state index in [0.717, 1.165) is 19.3 Å². The van der Waals surface area contributed by atoms with Gasteiger partial charge in [0.25, 0.3) is 6.43 Å². The van der Waals surface area contributed by atoms with Crippen LogP contribution in [0.2, 0.25) is 0 Å². The number of hydrogen-bond acceptors (Lipinski definition) is 3. The number of anilines is 2. The molecule has 0 spiro atoms. The molecular weight excluding hydrogens is 250 g/mol.